The van der Waals surface area contributed by atoms with Crippen LogP contribution in [-0.2, 0) is 0 Å². The molecular formula is C46H28O29. The molecule has 29 heteroatoms. The Hall–Kier alpha value is -11.8. The van der Waals surface area contributed by atoms with Crippen LogP contribution in [-0.4, -0.2) is 143 Å². The molecule has 75 heavy (non-hydrogen) atoms. The molecule has 386 valence electrons. The van der Waals surface area contributed by atoms with Crippen molar-refractivity contribution in [3.05, 3.63) is 0 Å². The average Bonchev–Trinajstić information content (AvgIpc) is 3.79. The molecular weight excluding hydrogens is 1020 g/mol. The molecule has 28 N–H and O–H groups in total. The molecule has 0 saturated carbocycles. The second-order valence-corrected chi connectivity index (χ2v) is 16.5. The van der Waals surface area contributed by atoms with Crippen molar-refractivity contribution in [3.8, 4) is 194 Å². The topological polar surface area (TPSA) is 580 Å². The van der Waals surface area contributed by atoms with Crippen molar-refractivity contribution in [1.82, 2.24) is 0 Å². The van der Waals surface area contributed by atoms with Crippen LogP contribution in [0.1, 0.15) is 0 Å². The molecule has 29 nitrogen and oxygen atoms in total. The van der Waals surface area contributed by atoms with Crippen LogP contribution < -0.4 is 0 Å². The van der Waals surface area contributed by atoms with Gasteiger partial charge in [0.15, 0.2) is 91.7 Å². The van der Waals surface area contributed by atoms with Gasteiger partial charge in [0.1, 0.15) is 5.75 Å². The molecule has 0 bridgehead atoms. The van der Waals surface area contributed by atoms with Crippen LogP contribution in [0.15, 0.2) is 4.42 Å². The summed E-state index contributed by atoms with van der Waals surface area (Å²) in [4.78, 5) is 0. The molecule has 1 aromatic heterocycles. The third kappa shape index (κ3) is 5.20. The third-order valence-electron chi connectivity index (χ3n) is 12.9. The minimum Gasteiger partial charge on any atom is -0.506 e. The normalized spacial score (nSPS) is 11.9. The average molecular weight is 1040 g/mol. The van der Waals surface area contributed by atoms with Gasteiger partial charge in [-0.2, -0.15) is 0 Å². The minimum atomic E-state index is -1.92. The number of rotatable bonds is 3. The summed E-state index contributed by atoms with van der Waals surface area (Å²) < 4.78 is 5.58. The van der Waals surface area contributed by atoms with Gasteiger partial charge in [0.25, 0.3) is 0 Å². The largest absolute Gasteiger partial charge is 0.506 e. The van der Waals surface area contributed by atoms with Crippen LogP contribution in [0.2, 0.25) is 0 Å². The van der Waals surface area contributed by atoms with Crippen molar-refractivity contribution in [2.75, 3.05) is 0 Å². The number of hydrogen-bond donors (Lipinski definition) is 28. The lowest BCUT2D eigenvalue weighted by Crippen LogP contribution is -1.98. The van der Waals surface area contributed by atoms with Crippen molar-refractivity contribution < 1.29 is 147 Å². The monoisotopic (exact) mass is 1040 g/mol. The first-order valence-electron chi connectivity index (χ1n) is 20.2. The van der Waals surface area contributed by atoms with Crippen LogP contribution in [0.4, 0.5) is 0 Å². The Bertz CT molecular complexity index is 4330. The van der Waals surface area contributed by atoms with Gasteiger partial charge < -0.3 is 147 Å². The summed E-state index contributed by atoms with van der Waals surface area (Å²) in [6.07, 6.45) is 0. The molecule has 1 heterocycles. The summed E-state index contributed by atoms with van der Waals surface area (Å²) in [5.74, 6) is -48.0. The first-order chi connectivity index (χ1) is 35.0. The van der Waals surface area contributed by atoms with E-state index in [4.69, 9.17) is 4.42 Å². The number of furan rings is 1. The van der Waals surface area contributed by atoms with Gasteiger partial charge in [0.2, 0.25) is 74.7 Å². The Kier molecular flexibility index (Phi) is 9.01. The van der Waals surface area contributed by atoms with Gasteiger partial charge in [-0.1, -0.05) is 0 Å². The molecule has 0 aliphatic rings. The Balaban J connectivity index is 1.58. The molecule has 0 amide bonds. The molecule has 0 fully saturated rings. The highest BCUT2D eigenvalue weighted by Crippen LogP contribution is 2.70. The quantitative estimate of drug-likeness (QED) is 0.0631. The van der Waals surface area contributed by atoms with Gasteiger partial charge in [0.05, 0.1) is 21.7 Å². The standard InChI is InChI=1S/C46H28O29/c47-17-14-15(30(60)39(69)38(68)29(14)59)31(61)46-16(17)12-8(24(54)42(72)44(74)45(12)75-46)2-5-3(20(50)32(62)34(64)22(5)52)1(4-6(2)23(53)35(65)33(63)21(4)51)7-9-10(26(56)37(67)36(66)25(9)55)11(19(49)18(7)48)13-27(57)40(70)43(73)41(71)28(13)58/h47-74H. The highest BCUT2D eigenvalue weighted by molar-refractivity contribution is 6.36. The van der Waals surface area contributed by atoms with Crippen LogP contribution in [0.3, 0.4) is 0 Å². The summed E-state index contributed by atoms with van der Waals surface area (Å²) in [5, 5.41) is 302. The fraction of sp³-hybridized carbons (Fsp3) is 0. The maximum Gasteiger partial charge on any atom is 0.208 e. The zero-order valence-electron chi connectivity index (χ0n) is 35.9. The lowest BCUT2D eigenvalue weighted by molar-refractivity contribution is 0.329. The third-order valence-corrected chi connectivity index (χ3v) is 12.9. The number of phenolic OH excluding ortho intramolecular Hbond substituents is 28. The molecule has 0 aliphatic carbocycles. The van der Waals surface area contributed by atoms with Crippen molar-refractivity contribution in [2.45, 2.75) is 0 Å². The summed E-state index contributed by atoms with van der Waals surface area (Å²) in [7, 11) is 0. The zero-order chi connectivity index (χ0) is 55.3. The molecule has 0 aliphatic heterocycles. The van der Waals surface area contributed by atoms with Crippen molar-refractivity contribution in [3.63, 3.8) is 0 Å². The predicted octanol–water partition coefficient (Wildman–Crippen LogP) is 4.96. The number of fused-ring (bicyclic) bond motifs is 7. The number of aromatic hydroxyl groups is 28. The van der Waals surface area contributed by atoms with E-state index in [0.29, 0.717) is 0 Å². The molecule has 0 unspecified atom stereocenters. The van der Waals surface area contributed by atoms with Crippen molar-refractivity contribution in [1.29, 1.82) is 0 Å². The first kappa shape index (κ1) is 46.9. The van der Waals surface area contributed by atoms with Gasteiger partial charge in [-0.25, -0.2) is 0 Å². The van der Waals surface area contributed by atoms with E-state index >= 15 is 0 Å². The second-order valence-electron chi connectivity index (χ2n) is 16.5. The van der Waals surface area contributed by atoms with Crippen molar-refractivity contribution in [2.24, 2.45) is 0 Å². The lowest BCUT2D eigenvalue weighted by atomic mass is 9.80. The van der Waals surface area contributed by atoms with Gasteiger partial charge in [-0.05, 0) is 0 Å². The van der Waals surface area contributed by atoms with Gasteiger partial charge in [-0.15, -0.1) is 0 Å². The first-order valence-corrected chi connectivity index (χ1v) is 20.2. The van der Waals surface area contributed by atoms with Crippen LogP contribution in [0, 0.1) is 0 Å². The van der Waals surface area contributed by atoms with Crippen LogP contribution >= 0.6 is 0 Å². The van der Waals surface area contributed by atoms with E-state index in [1.54, 1.807) is 0 Å². The molecule has 9 aromatic carbocycles. The number of benzene rings is 9. The second kappa shape index (κ2) is 14.4. The summed E-state index contributed by atoms with van der Waals surface area (Å²) >= 11 is 0. The highest BCUT2D eigenvalue weighted by Gasteiger charge is 2.41. The highest BCUT2D eigenvalue weighted by atomic mass is 16.4. The fourth-order valence-corrected chi connectivity index (χ4v) is 9.51. The summed E-state index contributed by atoms with van der Waals surface area (Å²) in [6, 6.07) is 0. The van der Waals surface area contributed by atoms with Crippen molar-refractivity contribution >= 4 is 65.0 Å². The fourth-order valence-electron chi connectivity index (χ4n) is 9.51. The Morgan fingerprint density at radius 3 is 0.667 bits per heavy atom. The van der Waals surface area contributed by atoms with E-state index in [1.807, 2.05) is 0 Å². The smallest absolute Gasteiger partial charge is 0.208 e. The van der Waals surface area contributed by atoms with Crippen LogP contribution in [0.5, 0.6) is 161 Å². The van der Waals surface area contributed by atoms with E-state index in [0.717, 1.165) is 0 Å². The number of hydrogen-bond acceptors (Lipinski definition) is 29. The predicted molar refractivity (Wildman–Crippen MR) is 247 cm³/mol. The maximum absolute atomic E-state index is 12.2. The Labute approximate surface area is 406 Å². The molecule has 0 spiro atoms. The minimum absolute atomic E-state index is 1.10. The Morgan fingerprint density at radius 1 is 0.120 bits per heavy atom. The van der Waals surface area contributed by atoms with E-state index in [9.17, 15) is 143 Å². The lowest BCUT2D eigenvalue weighted by Gasteiger charge is -2.25. The molecule has 10 aromatic rings. The zero-order valence-corrected chi connectivity index (χ0v) is 35.9. The van der Waals surface area contributed by atoms with Gasteiger partial charge in [0, 0.05) is 65.5 Å². The summed E-state index contributed by atoms with van der Waals surface area (Å²) in [6.45, 7) is 0. The van der Waals surface area contributed by atoms with Gasteiger partial charge in [-0.3, -0.25) is 0 Å². The SMILES string of the molecule is Oc1c(O)c(O)c(-c2c(O)c(O)c(-c3c4c(O)c(O)c(O)c(O)c4c(-c4c(O)c(O)c(O)c5oc6c(O)c7c(O)c(O)c(O)c(O)c7c(O)c6c45)c4c(O)c(O)c(O)c(O)c34)c3c(O)c(O)c(O)c(O)c23)c(O)c1O. The van der Waals surface area contributed by atoms with E-state index in [2.05, 4.69) is 0 Å². The molecule has 0 atom stereocenters. The summed E-state index contributed by atoms with van der Waals surface area (Å²) in [5.41, 5.74) is -11.2. The van der Waals surface area contributed by atoms with Crippen LogP contribution in [0.25, 0.3) is 98.4 Å². The number of phenols is 28. The molecule has 10 rings (SSSR count). The van der Waals surface area contributed by atoms with Gasteiger partial charge >= 0.3 is 0 Å². The van der Waals surface area contributed by atoms with E-state index in [-0.39, 0.29) is 0 Å². The molecule has 0 saturated heterocycles. The van der Waals surface area contributed by atoms with E-state index < -0.39 is 259 Å². The molecule has 0 radical (unpaired) electrons. The Morgan fingerprint density at radius 2 is 0.320 bits per heavy atom. The van der Waals surface area contributed by atoms with E-state index in [1.165, 1.54) is 0 Å². The maximum atomic E-state index is 12.2.